The van der Waals surface area contributed by atoms with Crippen LogP contribution in [-0.4, -0.2) is 143 Å². The molecule has 0 aliphatic carbocycles. The lowest BCUT2D eigenvalue weighted by molar-refractivity contribution is -0.384. The number of aryl methyl sites for hydroxylation is 6. The second-order valence-electron chi connectivity index (χ2n) is 35.4. The first kappa shape index (κ1) is 113. The van der Waals surface area contributed by atoms with Gasteiger partial charge in [0.25, 0.3) is 5.69 Å². The number of allylic oxidation sites excluding steroid dienone is 15. The number of phenolic OH excluding ortho intramolecular Hbond substituents is 4. The molecule has 0 saturated heterocycles. The molecule has 143 heavy (non-hydrogen) atoms. The number of sulfonamides is 1. The van der Waals surface area contributed by atoms with E-state index >= 15 is 0 Å². The van der Waals surface area contributed by atoms with Gasteiger partial charge in [-0.05, 0) is 251 Å². The van der Waals surface area contributed by atoms with Crippen LogP contribution in [0.15, 0.2) is 262 Å². The van der Waals surface area contributed by atoms with Crippen LogP contribution in [0, 0.1) is 51.7 Å². The minimum absolute atomic E-state index is 0.0230. The number of ether oxygens (including phenoxy) is 5. The van der Waals surface area contributed by atoms with Gasteiger partial charge in [0.2, 0.25) is 10.0 Å². The molecule has 0 bridgehead atoms. The van der Waals surface area contributed by atoms with Crippen molar-refractivity contribution in [2.45, 2.75) is 248 Å². The topological polar surface area (TPSA) is 403 Å². The Morgan fingerprint density at radius 1 is 0.378 bits per heavy atom. The van der Waals surface area contributed by atoms with E-state index in [0.29, 0.717) is 102 Å². The van der Waals surface area contributed by atoms with Crippen molar-refractivity contribution in [2.24, 2.45) is 25.7 Å². The lowest BCUT2D eigenvalue weighted by Gasteiger charge is -2.17. The summed E-state index contributed by atoms with van der Waals surface area (Å²) in [7, 11) is -0.249. The van der Waals surface area contributed by atoms with E-state index in [9.17, 15) is 62.9 Å². The van der Waals surface area contributed by atoms with E-state index in [2.05, 4.69) is 72.4 Å². The van der Waals surface area contributed by atoms with Gasteiger partial charge in [-0.25, -0.2) is 37.2 Å². The lowest BCUT2D eigenvalue weighted by Crippen LogP contribution is -2.20. The molecule has 12 rings (SSSR count). The van der Waals surface area contributed by atoms with Crippen molar-refractivity contribution >= 4 is 74.1 Å². The highest BCUT2D eigenvalue weighted by atomic mass is 32.2. The number of carbonyl (C=O) groups is 5. The maximum atomic E-state index is 13.0. The van der Waals surface area contributed by atoms with E-state index < -0.39 is 26.9 Å². The molecule has 0 aromatic heterocycles. The molecule has 5 aliphatic heterocycles. The summed E-state index contributed by atoms with van der Waals surface area (Å²) in [6.45, 7) is 21.5. The second-order valence-corrected chi connectivity index (χ2v) is 37.2. The maximum Gasteiger partial charge on any atom is 0.342 e. The second kappa shape index (κ2) is 59.7. The minimum Gasteiger partial charge on any atom is -0.508 e. The van der Waals surface area contributed by atoms with Crippen molar-refractivity contribution in [2.75, 3.05) is 20.4 Å². The first-order valence-electron chi connectivity index (χ1n) is 48.1. The number of benzene rings is 7. The maximum absolute atomic E-state index is 13.0. The van der Waals surface area contributed by atoms with Crippen LogP contribution in [0.5, 0.6) is 23.0 Å². The molecular weight excluding hydrogens is 1840 g/mol. The summed E-state index contributed by atoms with van der Waals surface area (Å²) < 4.78 is 50.8. The van der Waals surface area contributed by atoms with Crippen LogP contribution in [0.3, 0.4) is 0 Å². The number of aromatic hydroxyl groups is 4. The molecule has 5 unspecified atom stereocenters. The molecule has 5 aliphatic rings. The molecule has 760 valence electrons. The largest absolute Gasteiger partial charge is 0.508 e. The van der Waals surface area contributed by atoms with Crippen LogP contribution in [0.25, 0.3) is 0 Å². The number of cyclic esters (lactones) is 5. The van der Waals surface area contributed by atoms with Crippen molar-refractivity contribution in [3.8, 4) is 23.0 Å². The van der Waals surface area contributed by atoms with Gasteiger partial charge in [-0.1, -0.05) is 190 Å². The number of fused-ring (bicyclic) bond motifs is 5. The molecule has 7 aromatic rings. The normalized spacial score (nSPS) is 21.8. The van der Waals surface area contributed by atoms with Crippen LogP contribution in [-0.2, 0) is 93.5 Å². The summed E-state index contributed by atoms with van der Waals surface area (Å²) in [6.07, 6.45) is 53.5. The van der Waals surface area contributed by atoms with E-state index in [1.165, 1.54) is 31.4 Å². The van der Waals surface area contributed by atoms with Gasteiger partial charge in [0.1, 0.15) is 85.0 Å². The Labute approximate surface area is 839 Å². The van der Waals surface area contributed by atoms with Crippen molar-refractivity contribution in [3.63, 3.8) is 0 Å². The van der Waals surface area contributed by atoms with Crippen molar-refractivity contribution < 1.29 is 95.9 Å². The summed E-state index contributed by atoms with van der Waals surface area (Å²) in [4.78, 5) is 92.4. The number of nitrogens with one attached hydrogen (secondary N) is 2. The Morgan fingerprint density at radius 3 is 0.979 bits per heavy atom. The van der Waals surface area contributed by atoms with Gasteiger partial charge in [0.05, 0.1) is 56.4 Å². The Morgan fingerprint density at radius 2 is 0.664 bits per heavy atom. The zero-order valence-electron chi connectivity index (χ0n) is 84.3. The number of nitrogens with zero attached hydrogens (tertiary/aromatic N) is 6. The van der Waals surface area contributed by atoms with Gasteiger partial charge in [0, 0.05) is 95.5 Å². The standard InChI is InChI=1S/C27H30N2O5.C25H27NO5.C21H28N2O4S.C21H28N2O2.C19H23NO5/c1-19-15-20(2)26-23(16-19)17-24(10-8-6-4-5-7-9-21(3)34-27(26)30)28-33-18-22-11-13-25(14-12-22)29(31)32;1-18-10-6-3-2-4-9-13-21(26-30-17-19-11-7-5-8-12-19)14-20-15-22(27)16-23(28)24(20)25(29)31-18;1-15-12-16(2)20-18(13-15)14-19(22-23-28(4,25)26)11-9-7-5-6-8-10-17(3)27-21(20)24;1-15-12-16(2)20-18(13-15)14-19(23-22-4)11-9-7-5-6-8-10-17(3)25-21(20)24;1-13-8-6-4-3-5-7-9-15(20-24-2)10-14-11-16(21)12-17(22)18(14)19(23)25-13/h5,7-8,10-16,21H,4,6,9,17-18H2,1-3H3;3,5-9,11-13,15-16,18,27-28H,2,4,10,14,17H2,1H3;6,8-9,11-13,17,23H,5,7,10,14H2,1-4H3;6,8-9,11-13,17,22H,5,7,10,14H2,1-4H3;4,6-7,9,11-13,21-22H,3,5,8,10H2,1-2H3/b7-5+,10-8+,28-24?;6-3+,13-9+,26-21?;8-6+,11-9+,22-19?;8-6+,11-9+,23-19?;6-4+,9-7+,20-15?. The Kier molecular flexibility index (Phi) is 47.4. The van der Waals surface area contributed by atoms with E-state index in [1.807, 2.05) is 208 Å². The Bertz CT molecular complexity index is 5990. The Balaban J connectivity index is 0.000000220. The molecular formula is C113H136N8O21S. The van der Waals surface area contributed by atoms with E-state index in [-0.39, 0.29) is 108 Å². The average Bonchev–Trinajstić information content (AvgIpc) is 0.820. The third-order valence-electron chi connectivity index (χ3n) is 22.3. The van der Waals surface area contributed by atoms with Crippen LogP contribution in [0.1, 0.15) is 255 Å². The zero-order chi connectivity index (χ0) is 104. The number of nitro groups is 1. The summed E-state index contributed by atoms with van der Waals surface area (Å²) in [5.74, 6) is -3.16. The van der Waals surface area contributed by atoms with Crippen molar-refractivity contribution in [1.82, 2.24) is 10.3 Å². The number of nitro benzene ring substituents is 1. The average molecular weight is 1970 g/mol. The highest BCUT2D eigenvalue weighted by molar-refractivity contribution is 7.88. The molecule has 5 atom stereocenters. The third kappa shape index (κ3) is 40.7. The van der Waals surface area contributed by atoms with E-state index in [0.717, 1.165) is 156 Å². The monoisotopic (exact) mass is 1970 g/mol. The number of phenols is 4. The summed E-state index contributed by atoms with van der Waals surface area (Å²) in [5, 5.41) is 72.0. The molecule has 0 saturated carbocycles. The number of rotatable bonds is 11. The third-order valence-corrected chi connectivity index (χ3v) is 22.8. The smallest absolute Gasteiger partial charge is 0.342 e. The highest BCUT2D eigenvalue weighted by Gasteiger charge is 2.28. The lowest BCUT2D eigenvalue weighted by atomic mass is 9.95. The van der Waals surface area contributed by atoms with Gasteiger partial charge >= 0.3 is 29.8 Å². The summed E-state index contributed by atoms with van der Waals surface area (Å²) >= 11 is 0. The first-order chi connectivity index (χ1) is 68.5. The van der Waals surface area contributed by atoms with E-state index in [4.69, 9.17) is 38.2 Å². The summed E-state index contributed by atoms with van der Waals surface area (Å²) in [5.41, 5.74) is 18.9. The van der Waals surface area contributed by atoms with Crippen LogP contribution >= 0.6 is 0 Å². The minimum atomic E-state index is -3.47. The number of esters is 5. The first-order valence-corrected chi connectivity index (χ1v) is 50.0. The molecule has 0 spiro atoms. The van der Waals surface area contributed by atoms with Gasteiger partial charge < -0.3 is 64.0 Å². The number of hydrazone groups is 2. The molecule has 0 fully saturated rings. The fraction of sp³-hybridized carbons (Fsp3) is 0.363. The van der Waals surface area contributed by atoms with Gasteiger partial charge in [-0.3, -0.25) is 10.1 Å². The van der Waals surface area contributed by atoms with Gasteiger partial charge in [-0.15, -0.1) is 0 Å². The van der Waals surface area contributed by atoms with E-state index in [1.54, 1.807) is 39.1 Å². The number of non-ortho nitro benzene ring substituents is 1. The number of hydrogen-bond acceptors (Lipinski definition) is 27. The molecule has 0 amide bonds. The Hall–Kier alpha value is -14.8. The predicted octanol–water partition coefficient (Wildman–Crippen LogP) is 22.6. The quantitative estimate of drug-likeness (QED) is 0.0230. The van der Waals surface area contributed by atoms with Crippen LogP contribution < -0.4 is 10.3 Å². The van der Waals surface area contributed by atoms with Gasteiger partial charge in [-0.2, -0.15) is 10.2 Å². The highest BCUT2D eigenvalue weighted by Crippen LogP contribution is 2.34. The number of carbonyl (C=O) groups excluding carboxylic acids is 5. The molecule has 6 N–H and O–H groups in total. The van der Waals surface area contributed by atoms with Crippen molar-refractivity contribution in [1.29, 1.82) is 0 Å². The van der Waals surface area contributed by atoms with Crippen LogP contribution in [0.4, 0.5) is 5.69 Å². The molecule has 5 heterocycles. The molecule has 0 radical (unpaired) electrons. The summed E-state index contributed by atoms with van der Waals surface area (Å²) in [6, 6.07) is 32.9. The molecule has 29 nitrogen and oxygen atoms in total. The SMILES string of the molecule is CC1C/C=C/CC/C=C/C(=NOCc2ccccc2)Cc2cc(O)cc(O)c2C(=O)O1.CNN=C1/C=C/CC/C=C/CC(C)OC(=O)c2c(C)cc(C)cc2C1.CON=C1/C=C/CC/C=C/CC(C)OC(=O)c2c(O)cc(O)cc2C1.Cc1cc(C)c2c(c1)CC(=NNS(C)(=O)=O)/C=C/CC/C=C/CC(C)OC2=O.Cc1cc(C)c2c(c1)CC(=NOCc1ccc([N+](=O)[O-])cc1)/C=C/CC/C=C/CC(C)OC2=O. The molecule has 30 heteroatoms. The number of hydrogen-bond donors (Lipinski definition) is 6. The van der Waals surface area contributed by atoms with Gasteiger partial charge in [0.15, 0.2) is 0 Å². The fourth-order valence-corrected chi connectivity index (χ4v) is 16.1. The van der Waals surface area contributed by atoms with Crippen molar-refractivity contribution in [3.05, 3.63) is 347 Å². The number of oxime groups is 3. The predicted molar refractivity (Wildman–Crippen MR) is 561 cm³/mol. The van der Waals surface area contributed by atoms with Crippen LogP contribution in [0.2, 0.25) is 0 Å². The molecule has 7 aromatic carbocycles. The zero-order valence-corrected chi connectivity index (χ0v) is 85.1. The fourth-order valence-electron chi connectivity index (χ4n) is 15.8.